The summed E-state index contributed by atoms with van der Waals surface area (Å²) >= 11 is 18.7. The molecule has 0 saturated heterocycles. The van der Waals surface area contributed by atoms with Crippen molar-refractivity contribution in [1.82, 2.24) is 10.6 Å². The zero-order chi connectivity index (χ0) is 8.85. The smallest absolute Gasteiger partial charge is 0.412 e. The van der Waals surface area contributed by atoms with Gasteiger partial charge in [-0.3, -0.25) is 0 Å². The maximum absolute atomic E-state index is 4.68. The minimum atomic E-state index is -0.0231. The van der Waals surface area contributed by atoms with E-state index >= 15 is 0 Å². The van der Waals surface area contributed by atoms with Crippen molar-refractivity contribution in [1.29, 1.82) is 0 Å². The van der Waals surface area contributed by atoms with Crippen molar-refractivity contribution < 1.29 is 19.5 Å². The molecule has 0 spiro atoms. The number of thiocarbonyl (C=S) groups is 2. The van der Waals surface area contributed by atoms with E-state index in [1.807, 2.05) is 6.92 Å². The van der Waals surface area contributed by atoms with Gasteiger partial charge in [0, 0.05) is 0 Å². The molecule has 0 bridgehead atoms. The van der Waals surface area contributed by atoms with Crippen LogP contribution >= 0.6 is 24.4 Å². The number of nitrogens with one attached hydrogen (secondary N) is 2. The third-order valence-electron chi connectivity index (χ3n) is 0.992. The largest absolute Gasteiger partial charge is 2.00 e. The van der Waals surface area contributed by atoms with Crippen LogP contribution in [-0.2, 0) is 44.7 Å². The Kier molecular flexibility index (Phi) is 10.8. The fourth-order valence-corrected chi connectivity index (χ4v) is 1.09. The van der Waals surface area contributed by atoms with Crippen LogP contribution < -0.4 is 10.6 Å². The molecule has 12 heavy (non-hydrogen) atoms. The quantitative estimate of drug-likeness (QED) is 0.341. The Hall–Kier alpha value is 0.843. The van der Waals surface area contributed by atoms with Gasteiger partial charge in [-0.05, 0) is 6.42 Å². The Morgan fingerprint density at radius 1 is 1.25 bits per heavy atom. The molecule has 0 fully saturated rings. The molecule has 0 radical (unpaired) electrons. The van der Waals surface area contributed by atoms with E-state index in [0.29, 0.717) is 8.64 Å². The summed E-state index contributed by atoms with van der Waals surface area (Å²) in [5.74, 6) is 0. The van der Waals surface area contributed by atoms with Crippen molar-refractivity contribution in [3.8, 4) is 0 Å². The molecule has 0 aliphatic rings. The Balaban J connectivity index is 0. The summed E-state index contributed by atoms with van der Waals surface area (Å²) in [5, 5.41) is 5.68. The van der Waals surface area contributed by atoms with Crippen LogP contribution in [0.4, 0.5) is 0 Å². The van der Waals surface area contributed by atoms with Gasteiger partial charge in [-0.1, -0.05) is 15.6 Å². The van der Waals surface area contributed by atoms with Gasteiger partial charge in [-0.25, -0.2) is 0 Å². The van der Waals surface area contributed by atoms with E-state index in [0.717, 1.165) is 6.42 Å². The average Bonchev–Trinajstić information content (AvgIpc) is 1.84. The van der Waals surface area contributed by atoms with Gasteiger partial charge >= 0.3 is 19.5 Å². The molecule has 0 unspecified atom stereocenters. The zero-order valence-electron chi connectivity index (χ0n) is 6.62. The predicted molar refractivity (Wildman–Crippen MR) is 60.3 cm³/mol. The Labute approximate surface area is 107 Å². The molecule has 2 nitrogen and oxygen atoms in total. The maximum atomic E-state index is 4.68. The Bertz CT molecular complexity index is 148. The van der Waals surface area contributed by atoms with Gasteiger partial charge in [0.25, 0.3) is 0 Å². The Morgan fingerprint density at radius 2 is 1.58 bits per heavy atom. The van der Waals surface area contributed by atoms with Crippen LogP contribution in [0.3, 0.4) is 0 Å². The van der Waals surface area contributed by atoms with E-state index in [9.17, 15) is 0 Å². The topological polar surface area (TPSA) is 24.1 Å². The minimum absolute atomic E-state index is 0. The van der Waals surface area contributed by atoms with Crippen LogP contribution in [0.15, 0.2) is 0 Å². The van der Waals surface area contributed by atoms with Gasteiger partial charge in [0.1, 0.15) is 0 Å². The van der Waals surface area contributed by atoms with Crippen molar-refractivity contribution in [3.05, 3.63) is 0 Å². The predicted octanol–water partition coefficient (Wildman–Crippen LogP) is 0.563. The molecule has 0 aromatic carbocycles. The van der Waals surface area contributed by atoms with Gasteiger partial charge in [0.05, 0.1) is 6.17 Å². The van der Waals surface area contributed by atoms with Crippen molar-refractivity contribution in [2.45, 2.75) is 19.5 Å². The fraction of sp³-hybridized carbons (Fsp3) is 0.600. The fourth-order valence-electron chi connectivity index (χ4n) is 0.525. The third kappa shape index (κ3) is 8.94. The summed E-state index contributed by atoms with van der Waals surface area (Å²) < 4.78 is 0.659. The van der Waals surface area contributed by atoms with Crippen LogP contribution in [0.25, 0.3) is 0 Å². The van der Waals surface area contributed by atoms with Gasteiger partial charge < -0.3 is 60.3 Å². The van der Waals surface area contributed by atoms with Crippen molar-refractivity contribution in [3.63, 3.8) is 0 Å². The van der Waals surface area contributed by atoms with Gasteiger partial charge in [-0.2, -0.15) is 0 Å². The van der Waals surface area contributed by atoms with Crippen LogP contribution in [0.5, 0.6) is 0 Å². The van der Waals surface area contributed by atoms with E-state index < -0.39 is 0 Å². The van der Waals surface area contributed by atoms with Crippen LogP contribution in [-0.4, -0.2) is 14.8 Å². The molecule has 64 valence electrons. The summed E-state index contributed by atoms with van der Waals surface area (Å²) in [6.45, 7) is 1.98. The van der Waals surface area contributed by atoms with Crippen molar-refractivity contribution >= 4 is 58.3 Å². The first-order valence-electron chi connectivity index (χ1n) is 3.01. The van der Waals surface area contributed by atoms with E-state index in [2.05, 4.69) is 60.3 Å². The summed E-state index contributed by atoms with van der Waals surface area (Å²) in [7, 11) is 0. The van der Waals surface area contributed by atoms with Crippen molar-refractivity contribution in [2.75, 3.05) is 0 Å². The summed E-state index contributed by atoms with van der Waals surface area (Å²) in [6.07, 6.45) is 0.804. The molecular weight excluding hydrogens is 282 g/mol. The third-order valence-corrected chi connectivity index (χ3v) is 1.46. The maximum Gasteiger partial charge on any atom is 2.00 e. The molecule has 0 aromatic rings. The van der Waals surface area contributed by atoms with Crippen LogP contribution in [0, 0.1) is 0 Å². The molecule has 0 saturated carbocycles. The summed E-state index contributed by atoms with van der Waals surface area (Å²) in [5.41, 5.74) is 0. The second kappa shape index (κ2) is 8.44. The first kappa shape index (κ1) is 15.3. The van der Waals surface area contributed by atoms with Gasteiger partial charge in [0.2, 0.25) is 0 Å². The number of hydrogen-bond donors (Lipinski definition) is 2. The van der Waals surface area contributed by atoms with E-state index in [1.54, 1.807) is 0 Å². The molecule has 0 aliphatic carbocycles. The second-order valence-corrected chi connectivity index (χ2v) is 3.97. The summed E-state index contributed by atoms with van der Waals surface area (Å²) in [6, 6.07) is 0. The number of rotatable bonds is 3. The van der Waals surface area contributed by atoms with Gasteiger partial charge in [-0.15, -0.1) is 0 Å². The normalized spacial score (nSPS) is 8.50. The molecule has 0 atom stereocenters. The van der Waals surface area contributed by atoms with Crippen molar-refractivity contribution in [2.24, 2.45) is 0 Å². The van der Waals surface area contributed by atoms with E-state index in [1.165, 1.54) is 0 Å². The van der Waals surface area contributed by atoms with E-state index in [-0.39, 0.29) is 25.6 Å². The number of hydrogen-bond acceptors (Lipinski definition) is 4. The SMILES string of the molecule is CCC(NC(=S)[S-])NC(=S)[S-].[Zn+2]. The molecule has 0 heterocycles. The molecule has 2 N–H and O–H groups in total. The average molecular weight is 290 g/mol. The summed E-state index contributed by atoms with van der Waals surface area (Å²) in [4.78, 5) is 0. The molecule has 0 amide bonds. The standard InChI is InChI=1S/C5H10N2S4.Zn/c1-2-3(6-4(8)9)7-5(10)11;/h3H,2H2,1H3,(H2,6,8,9)(H2,7,10,11);/q;+2/p-2. The molecule has 7 heteroatoms. The zero-order valence-corrected chi connectivity index (χ0v) is 12.9. The second-order valence-electron chi connectivity index (χ2n) is 1.82. The van der Waals surface area contributed by atoms with Crippen LogP contribution in [0.2, 0.25) is 0 Å². The van der Waals surface area contributed by atoms with E-state index in [4.69, 9.17) is 0 Å². The van der Waals surface area contributed by atoms with Gasteiger partial charge in [0.15, 0.2) is 0 Å². The first-order valence-corrected chi connectivity index (χ1v) is 4.64. The monoisotopic (exact) mass is 288 g/mol. The minimum Gasteiger partial charge on any atom is -0.412 e. The van der Waals surface area contributed by atoms with Crippen LogP contribution in [0.1, 0.15) is 13.3 Å². The molecule has 0 rings (SSSR count). The molecule has 0 aromatic heterocycles. The first-order chi connectivity index (χ1) is 5.06. The molecule has 0 aliphatic heterocycles. The Morgan fingerprint density at radius 3 is 1.75 bits per heavy atom. The molecular formula is C5H8N2S4Zn.